The molecule has 7 heteroatoms. The summed E-state index contributed by atoms with van der Waals surface area (Å²) < 4.78 is 18.2. The Labute approximate surface area is 147 Å². The van der Waals surface area contributed by atoms with Crippen molar-refractivity contribution in [2.24, 2.45) is 0 Å². The van der Waals surface area contributed by atoms with Gasteiger partial charge in [-0.25, -0.2) is 9.37 Å². The van der Waals surface area contributed by atoms with Gasteiger partial charge in [-0.3, -0.25) is 4.79 Å². The van der Waals surface area contributed by atoms with Crippen LogP contribution in [0.2, 0.25) is 0 Å². The highest BCUT2D eigenvalue weighted by Gasteiger charge is 2.12. The number of carbonyl (C=O) groups excluding carboxylic acids is 1. The van der Waals surface area contributed by atoms with Crippen molar-refractivity contribution in [2.75, 3.05) is 5.75 Å². The van der Waals surface area contributed by atoms with Crippen molar-refractivity contribution in [1.29, 1.82) is 0 Å². The lowest BCUT2D eigenvalue weighted by Gasteiger charge is -2.04. The molecular formula is C17H15FN2O2S2. The van der Waals surface area contributed by atoms with Gasteiger partial charge in [-0.05, 0) is 43.3 Å². The van der Waals surface area contributed by atoms with Crippen LogP contribution in [0.4, 0.5) is 4.39 Å². The minimum Gasteiger partial charge on any atom is -0.462 e. The fourth-order valence-electron chi connectivity index (χ4n) is 2.01. The van der Waals surface area contributed by atoms with Gasteiger partial charge in [0.05, 0.1) is 24.3 Å². The highest BCUT2D eigenvalue weighted by atomic mass is 32.2. The smallest absolute Gasteiger partial charge is 0.230 e. The Morgan fingerprint density at radius 3 is 2.83 bits per heavy atom. The van der Waals surface area contributed by atoms with E-state index in [0.29, 0.717) is 6.54 Å². The van der Waals surface area contributed by atoms with Gasteiger partial charge in [0, 0.05) is 9.77 Å². The summed E-state index contributed by atoms with van der Waals surface area (Å²) in [5.74, 6) is 0.662. The second kappa shape index (κ2) is 7.63. The molecule has 0 bridgehead atoms. The summed E-state index contributed by atoms with van der Waals surface area (Å²) in [6.45, 7) is 2.35. The number of rotatable bonds is 6. The first-order valence-electron chi connectivity index (χ1n) is 7.27. The second-order valence-electron chi connectivity index (χ2n) is 5.02. The van der Waals surface area contributed by atoms with Gasteiger partial charge in [-0.15, -0.1) is 23.1 Å². The van der Waals surface area contributed by atoms with E-state index in [4.69, 9.17) is 4.42 Å². The number of benzene rings is 1. The SMILES string of the molecule is Cc1nc(-c2ccco2)sc1CNC(=O)CSc1ccc(F)cc1. The summed E-state index contributed by atoms with van der Waals surface area (Å²) in [6.07, 6.45) is 1.61. The third kappa shape index (κ3) is 4.24. The Kier molecular flexibility index (Phi) is 5.32. The summed E-state index contributed by atoms with van der Waals surface area (Å²) in [7, 11) is 0. The quantitative estimate of drug-likeness (QED) is 0.666. The normalized spacial score (nSPS) is 10.8. The van der Waals surface area contributed by atoms with Crippen LogP contribution in [0.15, 0.2) is 52.0 Å². The van der Waals surface area contributed by atoms with E-state index >= 15 is 0 Å². The van der Waals surface area contributed by atoms with E-state index in [-0.39, 0.29) is 17.5 Å². The van der Waals surface area contributed by atoms with Crippen LogP contribution in [0.5, 0.6) is 0 Å². The number of aryl methyl sites for hydroxylation is 1. The molecule has 0 aliphatic rings. The van der Waals surface area contributed by atoms with Crippen LogP contribution >= 0.6 is 23.1 Å². The molecule has 1 N–H and O–H groups in total. The Balaban J connectivity index is 1.52. The molecule has 0 fully saturated rings. The number of halogens is 1. The van der Waals surface area contributed by atoms with Crippen LogP contribution in [-0.2, 0) is 11.3 Å². The number of hydrogen-bond donors (Lipinski definition) is 1. The van der Waals surface area contributed by atoms with Gasteiger partial charge in [0.15, 0.2) is 10.8 Å². The molecule has 0 saturated carbocycles. The van der Waals surface area contributed by atoms with Crippen LogP contribution < -0.4 is 5.32 Å². The fraction of sp³-hybridized carbons (Fsp3) is 0.176. The molecule has 0 atom stereocenters. The average molecular weight is 362 g/mol. The van der Waals surface area contributed by atoms with Crippen molar-refractivity contribution >= 4 is 29.0 Å². The van der Waals surface area contributed by atoms with Crippen LogP contribution in [0.25, 0.3) is 10.8 Å². The van der Waals surface area contributed by atoms with E-state index in [2.05, 4.69) is 10.3 Å². The molecule has 0 saturated heterocycles. The van der Waals surface area contributed by atoms with E-state index in [0.717, 1.165) is 26.2 Å². The summed E-state index contributed by atoms with van der Waals surface area (Å²) >= 11 is 2.88. The number of furan rings is 1. The molecule has 124 valence electrons. The Morgan fingerprint density at radius 1 is 1.33 bits per heavy atom. The van der Waals surface area contributed by atoms with E-state index < -0.39 is 0 Å². The Morgan fingerprint density at radius 2 is 2.12 bits per heavy atom. The van der Waals surface area contributed by atoms with Gasteiger partial charge in [0.1, 0.15) is 5.82 Å². The van der Waals surface area contributed by atoms with Crippen molar-refractivity contribution in [3.8, 4) is 10.8 Å². The van der Waals surface area contributed by atoms with Crippen LogP contribution in [-0.4, -0.2) is 16.6 Å². The molecule has 0 spiro atoms. The Hall–Kier alpha value is -2.12. The fourth-order valence-corrected chi connectivity index (χ4v) is 3.71. The second-order valence-corrected chi connectivity index (χ2v) is 7.16. The van der Waals surface area contributed by atoms with Gasteiger partial charge in [0.25, 0.3) is 0 Å². The number of thiazole rings is 1. The van der Waals surface area contributed by atoms with Gasteiger partial charge in [0.2, 0.25) is 5.91 Å². The number of aromatic nitrogens is 1. The van der Waals surface area contributed by atoms with Gasteiger partial charge < -0.3 is 9.73 Å². The molecule has 2 heterocycles. The van der Waals surface area contributed by atoms with Crippen molar-refractivity contribution in [1.82, 2.24) is 10.3 Å². The molecule has 1 amide bonds. The molecule has 0 aliphatic heterocycles. The lowest BCUT2D eigenvalue weighted by Crippen LogP contribution is -2.24. The van der Waals surface area contributed by atoms with Crippen LogP contribution in [0, 0.1) is 12.7 Å². The Bertz CT molecular complexity index is 814. The monoisotopic (exact) mass is 362 g/mol. The maximum absolute atomic E-state index is 12.8. The van der Waals surface area contributed by atoms with E-state index in [1.54, 1.807) is 18.4 Å². The third-order valence-corrected chi connectivity index (χ3v) is 5.44. The number of nitrogens with one attached hydrogen (secondary N) is 1. The molecule has 3 aromatic rings. The lowest BCUT2D eigenvalue weighted by atomic mass is 10.4. The first kappa shape index (κ1) is 16.7. The van der Waals surface area contributed by atoms with Gasteiger partial charge >= 0.3 is 0 Å². The summed E-state index contributed by atoms with van der Waals surface area (Å²) in [5, 5.41) is 3.69. The van der Waals surface area contributed by atoms with Crippen LogP contribution in [0.3, 0.4) is 0 Å². The maximum atomic E-state index is 12.8. The van der Waals surface area contributed by atoms with Crippen molar-refractivity contribution in [3.63, 3.8) is 0 Å². The predicted octanol–water partition coefficient (Wildman–Crippen LogP) is 4.26. The number of hydrogen-bond acceptors (Lipinski definition) is 5. The van der Waals surface area contributed by atoms with Crippen molar-refractivity contribution in [3.05, 3.63) is 59.0 Å². The number of nitrogens with zero attached hydrogens (tertiary/aromatic N) is 1. The zero-order valence-corrected chi connectivity index (χ0v) is 14.5. The molecular weight excluding hydrogens is 347 g/mol. The molecule has 3 rings (SSSR count). The van der Waals surface area contributed by atoms with E-state index in [9.17, 15) is 9.18 Å². The van der Waals surface area contributed by atoms with Crippen LogP contribution in [0.1, 0.15) is 10.6 Å². The highest BCUT2D eigenvalue weighted by Crippen LogP contribution is 2.28. The van der Waals surface area contributed by atoms with Gasteiger partial charge in [-0.1, -0.05) is 0 Å². The number of thioether (sulfide) groups is 1. The van der Waals surface area contributed by atoms with E-state index in [1.165, 1.54) is 35.2 Å². The molecule has 24 heavy (non-hydrogen) atoms. The summed E-state index contributed by atoms with van der Waals surface area (Å²) in [5.41, 5.74) is 0.887. The topological polar surface area (TPSA) is 55.1 Å². The molecule has 0 aliphatic carbocycles. The molecule has 0 unspecified atom stereocenters. The highest BCUT2D eigenvalue weighted by molar-refractivity contribution is 8.00. The largest absolute Gasteiger partial charge is 0.462 e. The minimum atomic E-state index is -0.281. The zero-order valence-electron chi connectivity index (χ0n) is 12.9. The first-order chi connectivity index (χ1) is 11.6. The molecule has 2 aromatic heterocycles. The summed E-state index contributed by atoms with van der Waals surface area (Å²) in [4.78, 5) is 18.3. The van der Waals surface area contributed by atoms with Crippen molar-refractivity contribution in [2.45, 2.75) is 18.4 Å². The number of amides is 1. The zero-order chi connectivity index (χ0) is 16.9. The predicted molar refractivity (Wildman–Crippen MR) is 93.5 cm³/mol. The lowest BCUT2D eigenvalue weighted by molar-refractivity contribution is -0.118. The molecule has 1 aromatic carbocycles. The molecule has 4 nitrogen and oxygen atoms in total. The third-order valence-electron chi connectivity index (χ3n) is 3.25. The standard InChI is InChI=1S/C17H15FN2O2S2/c1-11-15(24-17(20-11)14-3-2-8-22-14)9-19-16(21)10-23-13-6-4-12(18)5-7-13/h2-8H,9-10H2,1H3,(H,19,21). The summed E-state index contributed by atoms with van der Waals surface area (Å²) in [6, 6.07) is 9.78. The maximum Gasteiger partial charge on any atom is 0.230 e. The number of carbonyl (C=O) groups is 1. The average Bonchev–Trinajstić information content (AvgIpc) is 3.22. The van der Waals surface area contributed by atoms with Gasteiger partial charge in [-0.2, -0.15) is 0 Å². The molecule has 0 radical (unpaired) electrons. The van der Waals surface area contributed by atoms with Crippen molar-refractivity contribution < 1.29 is 13.6 Å². The van der Waals surface area contributed by atoms with E-state index in [1.807, 2.05) is 19.1 Å². The minimum absolute atomic E-state index is 0.0725. The first-order valence-corrected chi connectivity index (χ1v) is 9.07.